The molecule has 1 aliphatic rings. The molecule has 0 saturated carbocycles. The molecule has 118 valence electrons. The smallest absolute Gasteiger partial charge is 0.215 e. The normalized spacial score (nSPS) is 17.1. The Labute approximate surface area is 131 Å². The number of benzene rings is 1. The maximum Gasteiger partial charge on any atom is 0.215 e. The fourth-order valence-corrected chi connectivity index (χ4v) is 3.97. The van der Waals surface area contributed by atoms with Crippen LogP contribution in [0.3, 0.4) is 0 Å². The van der Waals surface area contributed by atoms with Crippen LogP contribution in [0.5, 0.6) is 0 Å². The zero-order valence-electron chi connectivity index (χ0n) is 12.3. The highest BCUT2D eigenvalue weighted by molar-refractivity contribution is 7.89. The highest BCUT2D eigenvalue weighted by Crippen LogP contribution is 2.21. The molecule has 0 amide bonds. The molecule has 2 rings (SSSR count). The van der Waals surface area contributed by atoms with Gasteiger partial charge in [0.05, 0.1) is 5.75 Å². The highest BCUT2D eigenvalue weighted by Gasteiger charge is 2.26. The van der Waals surface area contributed by atoms with E-state index in [2.05, 4.69) is 10.2 Å². The van der Waals surface area contributed by atoms with Crippen molar-refractivity contribution in [3.8, 4) is 0 Å². The summed E-state index contributed by atoms with van der Waals surface area (Å²) in [6.45, 7) is 5.71. The van der Waals surface area contributed by atoms with Crippen molar-refractivity contribution in [2.75, 3.05) is 49.9 Å². The first-order valence-electron chi connectivity index (χ1n) is 7.22. The lowest BCUT2D eigenvalue weighted by molar-refractivity contribution is 0.384. The zero-order valence-corrected chi connectivity index (χ0v) is 13.8. The Hall–Kier alpha value is -0.820. The van der Waals surface area contributed by atoms with E-state index in [0.717, 1.165) is 12.2 Å². The minimum Gasteiger partial charge on any atom is -0.369 e. The van der Waals surface area contributed by atoms with Crippen LogP contribution in [0, 0.1) is 0 Å². The van der Waals surface area contributed by atoms with Gasteiger partial charge in [0.2, 0.25) is 10.0 Å². The van der Waals surface area contributed by atoms with Gasteiger partial charge in [-0.05, 0) is 24.7 Å². The van der Waals surface area contributed by atoms with Crippen molar-refractivity contribution < 1.29 is 8.42 Å². The van der Waals surface area contributed by atoms with Gasteiger partial charge in [-0.3, -0.25) is 0 Å². The molecule has 0 aliphatic carbocycles. The number of halogens is 1. The summed E-state index contributed by atoms with van der Waals surface area (Å²) in [5.74, 6) is 0.165. The van der Waals surface area contributed by atoms with Crippen LogP contribution in [0.2, 0.25) is 5.02 Å². The number of nitrogens with zero attached hydrogens (tertiary/aromatic N) is 2. The van der Waals surface area contributed by atoms with Crippen LogP contribution in [0.4, 0.5) is 5.69 Å². The first kappa shape index (κ1) is 16.5. The van der Waals surface area contributed by atoms with Gasteiger partial charge in [-0.15, -0.1) is 0 Å². The third kappa shape index (κ3) is 4.57. The predicted molar refractivity (Wildman–Crippen MR) is 87.6 cm³/mol. The molecule has 1 saturated heterocycles. The third-order valence-corrected chi connectivity index (χ3v) is 5.70. The second-order valence-electron chi connectivity index (χ2n) is 5.04. The fourth-order valence-electron chi connectivity index (χ4n) is 2.40. The van der Waals surface area contributed by atoms with E-state index >= 15 is 0 Å². The Balaban J connectivity index is 1.91. The van der Waals surface area contributed by atoms with Crippen molar-refractivity contribution in [2.45, 2.75) is 6.92 Å². The SMILES string of the molecule is CCNCCS(=O)(=O)N1CCN(c2cccc(Cl)c2)CC1. The van der Waals surface area contributed by atoms with Crippen LogP contribution in [-0.4, -0.2) is 57.7 Å². The topological polar surface area (TPSA) is 52.7 Å². The maximum atomic E-state index is 12.2. The van der Waals surface area contributed by atoms with Crippen LogP contribution >= 0.6 is 11.6 Å². The van der Waals surface area contributed by atoms with Gasteiger partial charge in [0, 0.05) is 43.4 Å². The van der Waals surface area contributed by atoms with Crippen molar-refractivity contribution in [2.24, 2.45) is 0 Å². The minimum atomic E-state index is -3.15. The number of sulfonamides is 1. The first-order chi connectivity index (χ1) is 10.0. The molecule has 1 aliphatic heterocycles. The average Bonchev–Trinajstić information content (AvgIpc) is 2.47. The molecule has 5 nitrogen and oxygen atoms in total. The van der Waals surface area contributed by atoms with Crippen molar-refractivity contribution in [1.82, 2.24) is 9.62 Å². The van der Waals surface area contributed by atoms with E-state index in [1.807, 2.05) is 31.2 Å². The molecule has 21 heavy (non-hydrogen) atoms. The summed E-state index contributed by atoms with van der Waals surface area (Å²) in [6, 6.07) is 7.67. The molecule has 0 unspecified atom stereocenters. The van der Waals surface area contributed by atoms with Crippen molar-refractivity contribution in [3.05, 3.63) is 29.3 Å². The van der Waals surface area contributed by atoms with Gasteiger partial charge in [0.25, 0.3) is 0 Å². The van der Waals surface area contributed by atoms with Gasteiger partial charge in [-0.1, -0.05) is 24.6 Å². The van der Waals surface area contributed by atoms with E-state index in [1.165, 1.54) is 0 Å². The van der Waals surface area contributed by atoms with Crippen molar-refractivity contribution in [1.29, 1.82) is 0 Å². The summed E-state index contributed by atoms with van der Waals surface area (Å²) in [4.78, 5) is 2.17. The largest absolute Gasteiger partial charge is 0.369 e. The number of anilines is 1. The Morgan fingerprint density at radius 1 is 1.24 bits per heavy atom. The molecule has 1 heterocycles. The molecular formula is C14H22ClN3O2S. The van der Waals surface area contributed by atoms with E-state index in [0.29, 0.717) is 37.7 Å². The van der Waals surface area contributed by atoms with E-state index in [4.69, 9.17) is 11.6 Å². The summed E-state index contributed by atoms with van der Waals surface area (Å²) in [5.41, 5.74) is 1.05. The molecule has 0 aromatic heterocycles. The second kappa shape index (κ2) is 7.45. The summed E-state index contributed by atoms with van der Waals surface area (Å²) in [5, 5.41) is 3.76. The molecule has 7 heteroatoms. The predicted octanol–water partition coefficient (Wildman–Crippen LogP) is 1.40. The molecule has 1 aromatic carbocycles. The summed E-state index contributed by atoms with van der Waals surface area (Å²) < 4.78 is 26.0. The molecule has 0 spiro atoms. The fraction of sp³-hybridized carbons (Fsp3) is 0.571. The molecular weight excluding hydrogens is 310 g/mol. The molecule has 0 radical (unpaired) electrons. The Kier molecular flexibility index (Phi) is 5.87. The highest BCUT2D eigenvalue weighted by atomic mass is 35.5. The van der Waals surface area contributed by atoms with Crippen LogP contribution < -0.4 is 10.2 Å². The number of piperazine rings is 1. The van der Waals surface area contributed by atoms with E-state index in [-0.39, 0.29) is 5.75 Å². The Bertz CT molecular complexity index is 557. The first-order valence-corrected chi connectivity index (χ1v) is 9.20. The minimum absolute atomic E-state index is 0.165. The van der Waals surface area contributed by atoms with Crippen molar-refractivity contribution >= 4 is 27.3 Å². The van der Waals surface area contributed by atoms with Crippen molar-refractivity contribution in [3.63, 3.8) is 0 Å². The van der Waals surface area contributed by atoms with Crippen LogP contribution in [0.1, 0.15) is 6.92 Å². The molecule has 1 N–H and O–H groups in total. The molecule has 0 atom stereocenters. The number of nitrogens with one attached hydrogen (secondary N) is 1. The Morgan fingerprint density at radius 3 is 2.57 bits per heavy atom. The van der Waals surface area contributed by atoms with Crippen LogP contribution in [0.15, 0.2) is 24.3 Å². The van der Waals surface area contributed by atoms with E-state index in [9.17, 15) is 8.42 Å². The van der Waals surface area contributed by atoms with Gasteiger partial charge in [0.15, 0.2) is 0 Å². The number of hydrogen-bond acceptors (Lipinski definition) is 4. The average molecular weight is 332 g/mol. The van der Waals surface area contributed by atoms with E-state index in [1.54, 1.807) is 4.31 Å². The standard InChI is InChI=1S/C14H22ClN3O2S/c1-2-16-6-11-21(19,20)18-9-7-17(8-10-18)14-5-3-4-13(15)12-14/h3-5,12,16H,2,6-11H2,1H3. The lowest BCUT2D eigenvalue weighted by Crippen LogP contribution is -2.50. The molecule has 0 bridgehead atoms. The Morgan fingerprint density at radius 2 is 1.95 bits per heavy atom. The quantitative estimate of drug-likeness (QED) is 0.801. The summed E-state index contributed by atoms with van der Waals surface area (Å²) >= 11 is 6.00. The lowest BCUT2D eigenvalue weighted by Gasteiger charge is -2.35. The molecule has 1 aromatic rings. The second-order valence-corrected chi connectivity index (χ2v) is 7.56. The van der Waals surface area contributed by atoms with Gasteiger partial charge in [-0.25, -0.2) is 8.42 Å². The monoisotopic (exact) mass is 331 g/mol. The van der Waals surface area contributed by atoms with Crippen LogP contribution in [-0.2, 0) is 10.0 Å². The van der Waals surface area contributed by atoms with Gasteiger partial charge >= 0.3 is 0 Å². The van der Waals surface area contributed by atoms with Crippen LogP contribution in [0.25, 0.3) is 0 Å². The number of rotatable bonds is 6. The van der Waals surface area contributed by atoms with Gasteiger partial charge in [-0.2, -0.15) is 4.31 Å². The lowest BCUT2D eigenvalue weighted by atomic mass is 10.2. The number of hydrogen-bond donors (Lipinski definition) is 1. The van der Waals surface area contributed by atoms with E-state index < -0.39 is 10.0 Å². The zero-order chi connectivity index (χ0) is 15.3. The molecule has 1 fully saturated rings. The summed E-state index contributed by atoms with van der Waals surface area (Å²) in [6.07, 6.45) is 0. The summed E-state index contributed by atoms with van der Waals surface area (Å²) in [7, 11) is -3.15. The maximum absolute atomic E-state index is 12.2. The third-order valence-electron chi connectivity index (χ3n) is 3.59. The van der Waals surface area contributed by atoms with Gasteiger partial charge in [0.1, 0.15) is 0 Å². The van der Waals surface area contributed by atoms with Gasteiger partial charge < -0.3 is 10.2 Å².